The van der Waals surface area contributed by atoms with Crippen molar-refractivity contribution in [2.45, 2.75) is 97.7 Å². The van der Waals surface area contributed by atoms with Gasteiger partial charge < -0.3 is 9.47 Å². The molecule has 1 saturated heterocycles. The molecule has 2 nitrogen and oxygen atoms in total. The second kappa shape index (κ2) is 11.2. The average Bonchev–Trinajstić information content (AvgIpc) is 2.49. The van der Waals surface area contributed by atoms with Crippen molar-refractivity contribution in [1.29, 1.82) is 0 Å². The lowest BCUT2D eigenvalue weighted by atomic mass is 9.84. The Morgan fingerprint density at radius 3 is 2.23 bits per heavy atom. The fraction of sp³-hybridized carbons (Fsp3) is 0.900. The maximum Gasteiger partial charge on any atom is 0.157 e. The molecule has 1 rings (SSSR count). The van der Waals surface area contributed by atoms with Gasteiger partial charge in [0.1, 0.15) is 0 Å². The van der Waals surface area contributed by atoms with Gasteiger partial charge in [0.25, 0.3) is 0 Å². The molecule has 1 fully saturated rings. The first kappa shape index (κ1) is 19.7. The second-order valence-electron chi connectivity index (χ2n) is 7.75. The third-order valence-electron chi connectivity index (χ3n) is 4.63. The number of allylic oxidation sites excluding steroid dienone is 1. The smallest absolute Gasteiger partial charge is 0.157 e. The van der Waals surface area contributed by atoms with Gasteiger partial charge in [-0.3, -0.25) is 0 Å². The van der Waals surface area contributed by atoms with E-state index in [1.807, 2.05) is 0 Å². The van der Waals surface area contributed by atoms with E-state index in [2.05, 4.69) is 27.4 Å². The first-order valence-corrected chi connectivity index (χ1v) is 9.41. The topological polar surface area (TPSA) is 18.5 Å². The third-order valence-corrected chi connectivity index (χ3v) is 4.63. The molecule has 0 saturated carbocycles. The highest BCUT2D eigenvalue weighted by Gasteiger charge is 2.14. The van der Waals surface area contributed by atoms with Crippen LogP contribution < -0.4 is 0 Å². The molecule has 0 aromatic rings. The number of rotatable bonds is 11. The van der Waals surface area contributed by atoms with Crippen molar-refractivity contribution >= 4 is 0 Å². The first-order valence-electron chi connectivity index (χ1n) is 9.41. The van der Waals surface area contributed by atoms with Gasteiger partial charge in [-0.1, -0.05) is 65.0 Å². The fourth-order valence-corrected chi connectivity index (χ4v) is 2.76. The minimum absolute atomic E-state index is 0.0877. The Hall–Kier alpha value is -0.340. The van der Waals surface area contributed by atoms with Crippen molar-refractivity contribution in [2.24, 2.45) is 5.41 Å². The lowest BCUT2D eigenvalue weighted by Gasteiger charge is -2.22. The van der Waals surface area contributed by atoms with Gasteiger partial charge in [-0.05, 0) is 43.9 Å². The predicted molar refractivity (Wildman–Crippen MR) is 95.1 cm³/mol. The molecule has 0 radical (unpaired) electrons. The molecule has 0 aliphatic carbocycles. The molecule has 1 unspecified atom stereocenters. The second-order valence-corrected chi connectivity index (χ2v) is 7.75. The molecule has 1 heterocycles. The van der Waals surface area contributed by atoms with Gasteiger partial charge in [0.2, 0.25) is 0 Å². The summed E-state index contributed by atoms with van der Waals surface area (Å²) in [6.45, 7) is 12.7. The molecule has 0 aromatic heterocycles. The molecule has 0 bridgehead atoms. The van der Waals surface area contributed by atoms with Gasteiger partial charge in [-0.15, -0.1) is 0 Å². The van der Waals surface area contributed by atoms with Crippen molar-refractivity contribution in [3.05, 3.63) is 12.2 Å². The lowest BCUT2D eigenvalue weighted by Crippen LogP contribution is -2.22. The van der Waals surface area contributed by atoms with Crippen molar-refractivity contribution < 1.29 is 9.47 Å². The molecule has 0 N–H and O–H groups in total. The van der Waals surface area contributed by atoms with Crippen LogP contribution in [0.25, 0.3) is 0 Å². The zero-order valence-electron chi connectivity index (χ0n) is 15.3. The van der Waals surface area contributed by atoms with E-state index >= 15 is 0 Å². The largest absolute Gasteiger partial charge is 0.353 e. The summed E-state index contributed by atoms with van der Waals surface area (Å²) >= 11 is 0. The van der Waals surface area contributed by atoms with Crippen LogP contribution >= 0.6 is 0 Å². The summed E-state index contributed by atoms with van der Waals surface area (Å²) in [5.74, 6) is 0. The molecule has 130 valence electrons. The Bertz CT molecular complexity index is 285. The van der Waals surface area contributed by atoms with Crippen LogP contribution in [0.15, 0.2) is 12.2 Å². The molecule has 2 heteroatoms. The van der Waals surface area contributed by atoms with E-state index in [-0.39, 0.29) is 11.7 Å². The van der Waals surface area contributed by atoms with Crippen LogP contribution in [0.1, 0.15) is 91.4 Å². The summed E-state index contributed by atoms with van der Waals surface area (Å²) < 4.78 is 11.3. The maximum atomic E-state index is 5.75. The van der Waals surface area contributed by atoms with Crippen LogP contribution in [0.5, 0.6) is 0 Å². The Balaban J connectivity index is 1.81. The summed E-state index contributed by atoms with van der Waals surface area (Å²) in [7, 11) is 0. The van der Waals surface area contributed by atoms with Crippen LogP contribution in [0.4, 0.5) is 0 Å². The van der Waals surface area contributed by atoms with Gasteiger partial charge in [-0.25, -0.2) is 0 Å². The molecule has 22 heavy (non-hydrogen) atoms. The van der Waals surface area contributed by atoms with Crippen molar-refractivity contribution in [2.75, 3.05) is 13.2 Å². The van der Waals surface area contributed by atoms with Crippen LogP contribution in [0, 0.1) is 5.41 Å². The Kier molecular flexibility index (Phi) is 10.1. The normalized spacial score (nSPS) is 19.3. The van der Waals surface area contributed by atoms with Crippen LogP contribution in [0.2, 0.25) is 0 Å². The molecular weight excluding hydrogens is 272 g/mol. The molecule has 0 amide bonds. The van der Waals surface area contributed by atoms with Gasteiger partial charge in [0, 0.05) is 13.2 Å². The Labute approximate surface area is 138 Å². The van der Waals surface area contributed by atoms with E-state index in [1.54, 1.807) is 0 Å². The summed E-state index contributed by atoms with van der Waals surface area (Å²) in [5.41, 5.74) is 1.68. The van der Waals surface area contributed by atoms with Gasteiger partial charge in [0.05, 0.1) is 0 Å². The zero-order valence-corrected chi connectivity index (χ0v) is 15.3. The fourth-order valence-electron chi connectivity index (χ4n) is 2.76. The highest BCUT2D eigenvalue weighted by molar-refractivity contribution is 5.04. The van der Waals surface area contributed by atoms with Crippen LogP contribution in [-0.4, -0.2) is 19.5 Å². The van der Waals surface area contributed by atoms with E-state index < -0.39 is 0 Å². The molecule has 1 aliphatic heterocycles. The standard InChI is InChI=1S/C20H38O2/c1-18(20(2,3)4)14-10-8-6-5-7-9-12-16-21-19-15-11-13-17-22-19/h19H,1,5-17H2,2-4H3. The van der Waals surface area contributed by atoms with Crippen LogP contribution in [0.3, 0.4) is 0 Å². The third kappa shape index (κ3) is 9.63. The molecule has 1 atom stereocenters. The minimum Gasteiger partial charge on any atom is -0.353 e. The lowest BCUT2D eigenvalue weighted by molar-refractivity contribution is -0.162. The summed E-state index contributed by atoms with van der Waals surface area (Å²) in [6.07, 6.45) is 14.0. The van der Waals surface area contributed by atoms with E-state index in [0.717, 1.165) is 19.6 Å². The SMILES string of the molecule is C=C(CCCCCCCCCOC1CCCCO1)C(C)(C)C. The summed E-state index contributed by atoms with van der Waals surface area (Å²) in [4.78, 5) is 0. The minimum atomic E-state index is 0.0877. The van der Waals surface area contributed by atoms with Gasteiger partial charge >= 0.3 is 0 Å². The Morgan fingerprint density at radius 2 is 1.64 bits per heavy atom. The van der Waals surface area contributed by atoms with Crippen LogP contribution in [-0.2, 0) is 9.47 Å². The predicted octanol–water partition coefficient (Wildman–Crippen LogP) is 6.25. The number of hydrogen-bond donors (Lipinski definition) is 0. The molecule has 1 aliphatic rings. The van der Waals surface area contributed by atoms with E-state index in [9.17, 15) is 0 Å². The zero-order chi connectivity index (χ0) is 16.3. The number of hydrogen-bond acceptors (Lipinski definition) is 2. The highest BCUT2D eigenvalue weighted by Crippen LogP contribution is 2.27. The number of unbranched alkanes of at least 4 members (excludes halogenated alkanes) is 6. The number of ether oxygens (including phenoxy) is 2. The van der Waals surface area contributed by atoms with Crippen molar-refractivity contribution in [1.82, 2.24) is 0 Å². The molecule has 0 aromatic carbocycles. The maximum absolute atomic E-state index is 5.75. The van der Waals surface area contributed by atoms with E-state index in [0.29, 0.717) is 0 Å². The van der Waals surface area contributed by atoms with E-state index in [4.69, 9.17) is 9.47 Å². The van der Waals surface area contributed by atoms with Crippen molar-refractivity contribution in [3.63, 3.8) is 0 Å². The average molecular weight is 311 g/mol. The van der Waals surface area contributed by atoms with Gasteiger partial charge in [0.15, 0.2) is 6.29 Å². The molecular formula is C20H38O2. The summed E-state index contributed by atoms with van der Waals surface area (Å²) in [5, 5.41) is 0. The Morgan fingerprint density at radius 1 is 1.00 bits per heavy atom. The van der Waals surface area contributed by atoms with E-state index in [1.165, 1.54) is 69.8 Å². The van der Waals surface area contributed by atoms with Crippen molar-refractivity contribution in [3.8, 4) is 0 Å². The summed E-state index contributed by atoms with van der Waals surface area (Å²) in [6, 6.07) is 0. The highest BCUT2D eigenvalue weighted by atomic mass is 16.7. The van der Waals surface area contributed by atoms with Gasteiger partial charge in [-0.2, -0.15) is 0 Å². The molecule has 0 spiro atoms. The quantitative estimate of drug-likeness (QED) is 0.331. The monoisotopic (exact) mass is 310 g/mol. The first-order chi connectivity index (χ1) is 10.5.